The summed E-state index contributed by atoms with van der Waals surface area (Å²) in [5.41, 5.74) is -2.46. The van der Waals surface area contributed by atoms with Crippen LogP contribution in [-0.4, -0.2) is 43.6 Å². The van der Waals surface area contributed by atoms with Crippen molar-refractivity contribution < 1.29 is 45.8 Å². The van der Waals surface area contributed by atoms with Crippen molar-refractivity contribution in [3.63, 3.8) is 0 Å². The van der Waals surface area contributed by atoms with Gasteiger partial charge in [0.2, 0.25) is 5.91 Å². The highest BCUT2D eigenvalue weighted by molar-refractivity contribution is 8.26. The number of carboxylic acids is 1. The standard InChI is InChI=1S/C27H15F6N3O4S4/c28-26(29,30)15-5-13(6-16(9-15)27(31,32)33)14-7-17(42-11-14)10-20-22(38)36(25(41)44-20)4-3-21(37)35-24-34-18-2-1-12(23(39)40)8-19(18)43-24/h1-2,5-11H,3-4H2,(H,39,40)(H,34,35,37). The molecule has 0 radical (unpaired) electrons. The topological polar surface area (TPSA) is 99.6 Å². The Kier molecular flexibility index (Phi) is 8.58. The van der Waals surface area contributed by atoms with E-state index in [0.29, 0.717) is 27.2 Å². The van der Waals surface area contributed by atoms with Gasteiger partial charge in [-0.3, -0.25) is 14.5 Å². The van der Waals surface area contributed by atoms with Gasteiger partial charge in [-0.05, 0) is 65.0 Å². The third-order valence-electron chi connectivity index (χ3n) is 6.13. The quantitative estimate of drug-likeness (QED) is 0.115. The van der Waals surface area contributed by atoms with Crippen molar-refractivity contribution >= 4 is 90.2 Å². The number of carboxylic acid groups (broad SMARTS) is 1. The smallest absolute Gasteiger partial charge is 0.416 e. The molecule has 0 atom stereocenters. The third-order valence-corrected chi connectivity index (χ3v) is 9.32. The fourth-order valence-corrected chi connectivity index (χ4v) is 7.17. The van der Waals surface area contributed by atoms with Gasteiger partial charge < -0.3 is 10.4 Å². The van der Waals surface area contributed by atoms with Crippen LogP contribution >= 0.6 is 46.7 Å². The molecule has 3 heterocycles. The van der Waals surface area contributed by atoms with E-state index < -0.39 is 41.3 Å². The minimum absolute atomic E-state index is 0.0538. The summed E-state index contributed by atoms with van der Waals surface area (Å²) in [6.07, 6.45) is -8.69. The highest BCUT2D eigenvalue weighted by Gasteiger charge is 2.37. The zero-order valence-corrected chi connectivity index (χ0v) is 24.8. The van der Waals surface area contributed by atoms with Gasteiger partial charge in [0.15, 0.2) is 5.13 Å². The Morgan fingerprint density at radius 2 is 1.68 bits per heavy atom. The van der Waals surface area contributed by atoms with Gasteiger partial charge in [0.25, 0.3) is 5.91 Å². The van der Waals surface area contributed by atoms with Crippen molar-refractivity contribution in [2.24, 2.45) is 0 Å². The number of rotatable bonds is 7. The minimum Gasteiger partial charge on any atom is -0.478 e. The van der Waals surface area contributed by atoms with Crippen LogP contribution in [0.25, 0.3) is 27.4 Å². The highest BCUT2D eigenvalue weighted by atomic mass is 32.2. The van der Waals surface area contributed by atoms with Crippen LogP contribution in [0.15, 0.2) is 52.7 Å². The number of thioether (sulfide) groups is 1. The lowest BCUT2D eigenvalue weighted by molar-refractivity contribution is -0.143. The number of thiophene rings is 1. The summed E-state index contributed by atoms with van der Waals surface area (Å²) in [5, 5.41) is 13.4. The number of thiocarbonyl (C=S) groups is 1. The molecule has 2 amide bonds. The average molecular weight is 688 g/mol. The second kappa shape index (κ2) is 11.9. The monoisotopic (exact) mass is 687 g/mol. The second-order valence-electron chi connectivity index (χ2n) is 9.17. The van der Waals surface area contributed by atoms with Gasteiger partial charge in [0, 0.05) is 17.8 Å². The molecule has 44 heavy (non-hydrogen) atoms. The van der Waals surface area contributed by atoms with E-state index in [4.69, 9.17) is 17.3 Å². The number of thiazole rings is 1. The number of carbonyl (C=O) groups excluding carboxylic acids is 2. The molecular formula is C27H15F6N3O4S4. The molecule has 2 aromatic heterocycles. The number of hydrogen-bond donors (Lipinski definition) is 2. The van der Waals surface area contributed by atoms with Crippen molar-refractivity contribution in [2.75, 3.05) is 11.9 Å². The van der Waals surface area contributed by atoms with Gasteiger partial charge in [0.1, 0.15) is 4.32 Å². The first-order valence-corrected chi connectivity index (χ1v) is 15.1. The number of nitrogens with zero attached hydrogens (tertiary/aromatic N) is 2. The Morgan fingerprint density at radius 1 is 1.00 bits per heavy atom. The van der Waals surface area contributed by atoms with E-state index in [2.05, 4.69) is 10.3 Å². The first-order valence-electron chi connectivity index (χ1n) is 12.2. The summed E-state index contributed by atoms with van der Waals surface area (Å²) in [4.78, 5) is 42.7. The lowest BCUT2D eigenvalue weighted by atomic mass is 10.0. The van der Waals surface area contributed by atoms with E-state index in [1.807, 2.05) is 0 Å². The normalized spacial score (nSPS) is 15.0. The van der Waals surface area contributed by atoms with Crippen LogP contribution in [0.5, 0.6) is 0 Å². The Hall–Kier alpha value is -3.80. The van der Waals surface area contributed by atoms with Crippen molar-refractivity contribution in [3.8, 4) is 11.1 Å². The second-order valence-corrected chi connectivity index (χ2v) is 12.8. The predicted octanol–water partition coefficient (Wildman–Crippen LogP) is 7.99. The van der Waals surface area contributed by atoms with Crippen LogP contribution in [-0.2, 0) is 21.9 Å². The summed E-state index contributed by atoms with van der Waals surface area (Å²) in [5.74, 6) is -2.08. The van der Waals surface area contributed by atoms with Crippen LogP contribution in [0.2, 0.25) is 0 Å². The Balaban J connectivity index is 1.26. The Labute approximate surface area is 261 Å². The van der Waals surface area contributed by atoms with Crippen molar-refractivity contribution in [2.45, 2.75) is 18.8 Å². The summed E-state index contributed by atoms with van der Waals surface area (Å²) in [7, 11) is 0. The number of benzene rings is 2. The zero-order chi connectivity index (χ0) is 32.0. The fourth-order valence-electron chi connectivity index (χ4n) is 4.03. The van der Waals surface area contributed by atoms with Gasteiger partial charge in [-0.15, -0.1) is 11.3 Å². The Morgan fingerprint density at radius 3 is 2.32 bits per heavy atom. The lowest BCUT2D eigenvalue weighted by Crippen LogP contribution is -2.31. The molecule has 0 spiro atoms. The maximum atomic E-state index is 13.3. The molecule has 0 aliphatic carbocycles. The maximum Gasteiger partial charge on any atom is 0.416 e. The number of alkyl halides is 6. The Bertz CT molecular complexity index is 1830. The van der Waals surface area contributed by atoms with Crippen molar-refractivity contribution in [3.05, 3.63) is 74.3 Å². The molecule has 1 fully saturated rings. The van der Waals surface area contributed by atoms with Crippen molar-refractivity contribution in [1.82, 2.24) is 9.88 Å². The van der Waals surface area contributed by atoms with Crippen LogP contribution in [0.4, 0.5) is 31.5 Å². The predicted molar refractivity (Wildman–Crippen MR) is 159 cm³/mol. The number of hydrogen-bond acceptors (Lipinski definition) is 8. The highest BCUT2D eigenvalue weighted by Crippen LogP contribution is 2.40. The minimum atomic E-state index is -4.99. The van der Waals surface area contributed by atoms with Crippen LogP contribution in [0, 0.1) is 0 Å². The summed E-state index contributed by atoms with van der Waals surface area (Å²) >= 11 is 8.32. The van der Waals surface area contributed by atoms with E-state index >= 15 is 0 Å². The molecule has 228 valence electrons. The van der Waals surface area contributed by atoms with E-state index in [9.17, 15) is 40.7 Å². The van der Waals surface area contributed by atoms with E-state index in [1.54, 1.807) is 0 Å². The molecular weight excluding hydrogens is 673 g/mol. The van der Waals surface area contributed by atoms with Gasteiger partial charge in [-0.2, -0.15) is 26.3 Å². The number of amides is 2. The molecule has 5 rings (SSSR count). The average Bonchev–Trinajstić information content (AvgIpc) is 3.63. The number of aromatic nitrogens is 1. The molecule has 2 aromatic carbocycles. The van der Waals surface area contributed by atoms with E-state index in [0.717, 1.165) is 34.4 Å². The molecule has 1 aliphatic heterocycles. The molecule has 7 nitrogen and oxygen atoms in total. The molecule has 0 saturated carbocycles. The van der Waals surface area contributed by atoms with Crippen LogP contribution in [0.3, 0.4) is 0 Å². The third kappa shape index (κ3) is 6.95. The van der Waals surface area contributed by atoms with Crippen LogP contribution < -0.4 is 5.32 Å². The molecule has 4 aromatic rings. The molecule has 0 bridgehead atoms. The van der Waals surface area contributed by atoms with Gasteiger partial charge in [0.05, 0.1) is 31.8 Å². The summed E-state index contributed by atoms with van der Waals surface area (Å²) in [6, 6.07) is 7.04. The number of aromatic carboxylic acids is 1. The first-order chi connectivity index (χ1) is 20.6. The van der Waals surface area contributed by atoms with Gasteiger partial charge >= 0.3 is 18.3 Å². The maximum absolute atomic E-state index is 13.3. The lowest BCUT2D eigenvalue weighted by Gasteiger charge is -2.13. The van der Waals surface area contributed by atoms with Gasteiger partial charge in [-0.25, -0.2) is 9.78 Å². The molecule has 0 unspecified atom stereocenters. The van der Waals surface area contributed by atoms with Crippen molar-refractivity contribution in [1.29, 1.82) is 0 Å². The summed E-state index contributed by atoms with van der Waals surface area (Å²) < 4.78 is 80.4. The van der Waals surface area contributed by atoms with E-state index in [-0.39, 0.29) is 50.1 Å². The molecule has 2 N–H and O–H groups in total. The fraction of sp³-hybridized carbons (Fsp3) is 0.148. The number of anilines is 1. The summed E-state index contributed by atoms with van der Waals surface area (Å²) in [6.45, 7) is -0.0674. The number of carbonyl (C=O) groups is 3. The SMILES string of the molecule is O=C(CCN1C(=O)C(=Cc2cc(-c3cc(C(F)(F)F)cc(C(F)(F)F)c3)cs2)SC1=S)Nc1nc2ccc(C(=O)O)cc2s1. The number of nitrogens with one attached hydrogen (secondary N) is 1. The van der Waals surface area contributed by atoms with Crippen LogP contribution in [0.1, 0.15) is 32.8 Å². The first kappa shape index (κ1) is 31.6. The zero-order valence-electron chi connectivity index (χ0n) is 21.6. The number of halogens is 6. The largest absolute Gasteiger partial charge is 0.478 e. The molecule has 17 heteroatoms. The number of fused-ring (bicyclic) bond motifs is 1. The molecule has 1 aliphatic rings. The molecule has 1 saturated heterocycles. The van der Waals surface area contributed by atoms with E-state index in [1.165, 1.54) is 40.6 Å². The van der Waals surface area contributed by atoms with Gasteiger partial charge in [-0.1, -0.05) is 35.3 Å².